The maximum Gasteiger partial charge on any atom is 0.320 e. The Morgan fingerprint density at radius 2 is 1.80 bits per heavy atom. The summed E-state index contributed by atoms with van der Waals surface area (Å²) in [6, 6.07) is 13.8. The quantitative estimate of drug-likeness (QED) is 0.803. The maximum absolute atomic E-state index is 13.0. The van der Waals surface area contributed by atoms with Crippen LogP contribution in [0.4, 0.5) is 0 Å². The van der Waals surface area contributed by atoms with Gasteiger partial charge in [-0.3, -0.25) is 14.5 Å². The summed E-state index contributed by atoms with van der Waals surface area (Å²) in [6.07, 6.45) is 0.857. The molecule has 1 amide bonds. The molecule has 2 aromatic carbocycles. The van der Waals surface area contributed by atoms with Crippen molar-refractivity contribution in [2.24, 2.45) is 0 Å². The van der Waals surface area contributed by atoms with Gasteiger partial charge in [0, 0.05) is 31.7 Å². The molecule has 0 atom stereocenters. The second-order valence-electron chi connectivity index (χ2n) is 6.25. The van der Waals surface area contributed by atoms with Crippen molar-refractivity contribution in [2.75, 3.05) is 39.3 Å². The van der Waals surface area contributed by atoms with Gasteiger partial charge < -0.3 is 9.64 Å². The van der Waals surface area contributed by atoms with E-state index in [-0.39, 0.29) is 11.9 Å². The van der Waals surface area contributed by atoms with Gasteiger partial charge in [-0.1, -0.05) is 36.4 Å². The van der Waals surface area contributed by atoms with Gasteiger partial charge in [-0.2, -0.15) is 0 Å². The number of amides is 1. The zero-order valence-corrected chi connectivity index (χ0v) is 14.6. The molecule has 1 heterocycles. The molecular weight excluding hydrogens is 316 g/mol. The molecule has 0 aromatic heterocycles. The number of nitrogens with zero attached hydrogens (tertiary/aromatic N) is 2. The van der Waals surface area contributed by atoms with Crippen LogP contribution in [0.15, 0.2) is 42.5 Å². The number of hydrogen-bond donors (Lipinski definition) is 0. The zero-order chi connectivity index (χ0) is 17.6. The monoisotopic (exact) mass is 340 g/mol. The molecule has 0 spiro atoms. The fourth-order valence-corrected chi connectivity index (χ4v) is 3.30. The van der Waals surface area contributed by atoms with Gasteiger partial charge in [-0.05, 0) is 30.2 Å². The smallest absolute Gasteiger partial charge is 0.320 e. The third kappa shape index (κ3) is 4.17. The lowest BCUT2D eigenvalue weighted by molar-refractivity contribution is -0.144. The topological polar surface area (TPSA) is 49.9 Å². The van der Waals surface area contributed by atoms with Crippen molar-refractivity contribution in [2.45, 2.75) is 13.3 Å². The number of hydrogen-bond acceptors (Lipinski definition) is 4. The summed E-state index contributed by atoms with van der Waals surface area (Å²) < 4.78 is 5.02. The van der Waals surface area contributed by atoms with Crippen molar-refractivity contribution < 1.29 is 14.3 Å². The van der Waals surface area contributed by atoms with Crippen molar-refractivity contribution in [3.8, 4) is 0 Å². The minimum atomic E-state index is -0.198. The van der Waals surface area contributed by atoms with E-state index in [2.05, 4.69) is 4.90 Å². The molecule has 132 valence electrons. The van der Waals surface area contributed by atoms with E-state index in [1.54, 1.807) is 0 Å². The molecular formula is C20H24N2O3. The summed E-state index contributed by atoms with van der Waals surface area (Å²) >= 11 is 0. The average Bonchev–Trinajstić information content (AvgIpc) is 2.86. The summed E-state index contributed by atoms with van der Waals surface area (Å²) in [5.41, 5.74) is 0.747. The Kier molecular flexibility index (Phi) is 5.66. The highest BCUT2D eigenvalue weighted by atomic mass is 16.5. The molecule has 0 unspecified atom stereocenters. The Morgan fingerprint density at radius 1 is 1.00 bits per heavy atom. The molecule has 2 aromatic rings. The van der Waals surface area contributed by atoms with E-state index in [0.29, 0.717) is 32.8 Å². The summed E-state index contributed by atoms with van der Waals surface area (Å²) in [6.45, 7) is 5.34. The van der Waals surface area contributed by atoms with Gasteiger partial charge in [-0.25, -0.2) is 0 Å². The van der Waals surface area contributed by atoms with E-state index in [4.69, 9.17) is 4.74 Å². The first-order valence-electron chi connectivity index (χ1n) is 8.84. The third-order valence-corrected chi connectivity index (χ3v) is 4.55. The van der Waals surface area contributed by atoms with Crippen LogP contribution in [-0.4, -0.2) is 61.0 Å². The predicted octanol–water partition coefficient (Wildman–Crippen LogP) is 2.55. The molecule has 1 fully saturated rings. The first-order chi connectivity index (χ1) is 12.2. The second-order valence-corrected chi connectivity index (χ2v) is 6.25. The van der Waals surface area contributed by atoms with E-state index in [1.165, 1.54) is 0 Å². The molecule has 1 aliphatic rings. The fraction of sp³-hybridized carbons (Fsp3) is 0.400. The van der Waals surface area contributed by atoms with Crippen LogP contribution in [0.1, 0.15) is 23.7 Å². The van der Waals surface area contributed by atoms with Crippen LogP contribution >= 0.6 is 0 Å². The molecule has 5 nitrogen and oxygen atoms in total. The summed E-state index contributed by atoms with van der Waals surface area (Å²) in [7, 11) is 0. The molecule has 0 saturated carbocycles. The molecule has 0 aliphatic carbocycles. The second kappa shape index (κ2) is 8.12. The highest BCUT2D eigenvalue weighted by molar-refractivity contribution is 6.07. The summed E-state index contributed by atoms with van der Waals surface area (Å²) in [4.78, 5) is 28.6. The van der Waals surface area contributed by atoms with Crippen LogP contribution in [0.5, 0.6) is 0 Å². The Balaban J connectivity index is 1.70. The molecule has 0 bridgehead atoms. The lowest BCUT2D eigenvalue weighted by Crippen LogP contribution is -2.37. The van der Waals surface area contributed by atoms with Crippen LogP contribution in [0.2, 0.25) is 0 Å². The molecule has 1 aliphatic heterocycles. The number of fused-ring (bicyclic) bond motifs is 1. The number of carbonyl (C=O) groups excluding carboxylic acids is 2. The summed E-state index contributed by atoms with van der Waals surface area (Å²) in [5, 5.41) is 2.06. The van der Waals surface area contributed by atoms with Crippen molar-refractivity contribution in [1.29, 1.82) is 0 Å². The average molecular weight is 340 g/mol. The molecule has 25 heavy (non-hydrogen) atoms. The fourth-order valence-electron chi connectivity index (χ4n) is 3.30. The van der Waals surface area contributed by atoms with Crippen LogP contribution in [0.25, 0.3) is 10.8 Å². The van der Waals surface area contributed by atoms with Gasteiger partial charge >= 0.3 is 5.97 Å². The normalized spacial score (nSPS) is 15.8. The highest BCUT2D eigenvalue weighted by Gasteiger charge is 2.22. The van der Waals surface area contributed by atoms with E-state index >= 15 is 0 Å². The van der Waals surface area contributed by atoms with E-state index in [1.807, 2.05) is 54.3 Å². The molecule has 1 saturated heterocycles. The first-order valence-corrected chi connectivity index (χ1v) is 8.84. The third-order valence-electron chi connectivity index (χ3n) is 4.55. The maximum atomic E-state index is 13.0. The van der Waals surface area contributed by atoms with E-state index in [9.17, 15) is 9.59 Å². The highest BCUT2D eigenvalue weighted by Crippen LogP contribution is 2.20. The van der Waals surface area contributed by atoms with E-state index < -0.39 is 0 Å². The number of esters is 1. The minimum Gasteiger partial charge on any atom is -0.465 e. The lowest BCUT2D eigenvalue weighted by Gasteiger charge is -2.22. The first kappa shape index (κ1) is 17.4. The molecule has 3 rings (SSSR count). The summed E-state index contributed by atoms with van der Waals surface area (Å²) in [5.74, 6) is -0.133. The number of ether oxygens (including phenoxy) is 1. The van der Waals surface area contributed by atoms with Gasteiger partial charge in [0.15, 0.2) is 0 Å². The van der Waals surface area contributed by atoms with Gasteiger partial charge in [0.2, 0.25) is 0 Å². The van der Waals surface area contributed by atoms with Crippen LogP contribution in [0, 0.1) is 0 Å². The lowest BCUT2D eigenvalue weighted by atomic mass is 10.0. The van der Waals surface area contributed by atoms with Gasteiger partial charge in [0.1, 0.15) is 0 Å². The van der Waals surface area contributed by atoms with Crippen LogP contribution < -0.4 is 0 Å². The van der Waals surface area contributed by atoms with E-state index in [0.717, 1.165) is 29.3 Å². The Morgan fingerprint density at radius 3 is 2.64 bits per heavy atom. The van der Waals surface area contributed by atoms with Crippen molar-refractivity contribution in [3.63, 3.8) is 0 Å². The Hall–Kier alpha value is -2.40. The molecule has 0 N–H and O–H groups in total. The number of carbonyl (C=O) groups is 2. The van der Waals surface area contributed by atoms with Gasteiger partial charge in [0.05, 0.1) is 13.2 Å². The van der Waals surface area contributed by atoms with Crippen LogP contribution in [-0.2, 0) is 9.53 Å². The van der Waals surface area contributed by atoms with Crippen molar-refractivity contribution in [3.05, 3.63) is 48.0 Å². The zero-order valence-electron chi connectivity index (χ0n) is 14.6. The SMILES string of the molecule is CCOC(=O)CN1CCCN(C(=O)c2cccc3ccccc23)CC1. The predicted molar refractivity (Wildman–Crippen MR) is 97.5 cm³/mol. The largest absolute Gasteiger partial charge is 0.465 e. The van der Waals surface area contributed by atoms with Crippen molar-refractivity contribution in [1.82, 2.24) is 9.80 Å². The van der Waals surface area contributed by atoms with Gasteiger partial charge in [0.25, 0.3) is 5.91 Å². The Bertz CT molecular complexity index is 754. The molecule has 0 radical (unpaired) electrons. The number of rotatable bonds is 4. The van der Waals surface area contributed by atoms with Crippen molar-refractivity contribution >= 4 is 22.6 Å². The Labute approximate surface area is 148 Å². The standard InChI is InChI=1S/C20H24N2O3/c1-2-25-19(23)15-21-11-6-12-22(14-13-21)20(24)18-10-5-8-16-7-3-4-9-17(16)18/h3-5,7-10H,2,6,11-15H2,1H3. The number of benzene rings is 2. The minimum absolute atomic E-state index is 0.0646. The van der Waals surface area contributed by atoms with Crippen LogP contribution in [0.3, 0.4) is 0 Å². The molecule has 5 heteroatoms. The van der Waals surface area contributed by atoms with Gasteiger partial charge in [-0.15, -0.1) is 0 Å².